The molecule has 0 radical (unpaired) electrons. The molecule has 4 rings (SSSR count). The van der Waals surface area contributed by atoms with Crippen LogP contribution in [0.25, 0.3) is 0 Å². The molecule has 1 aromatic rings. The van der Waals surface area contributed by atoms with Crippen molar-refractivity contribution in [3.05, 3.63) is 29.8 Å². The molecule has 2 saturated carbocycles. The van der Waals surface area contributed by atoms with E-state index in [1.54, 1.807) is 6.07 Å². The van der Waals surface area contributed by atoms with Gasteiger partial charge in [-0.1, -0.05) is 12.1 Å². The number of imide groups is 1. The summed E-state index contributed by atoms with van der Waals surface area (Å²) in [5, 5.41) is 6.07. The summed E-state index contributed by atoms with van der Waals surface area (Å²) in [5.41, 5.74) is 6.63. The molecule has 3 aliphatic rings. The lowest BCUT2D eigenvalue weighted by molar-refractivity contribution is -0.122. The molecule has 1 aliphatic heterocycles. The average molecular weight is 355 g/mol. The van der Waals surface area contributed by atoms with E-state index >= 15 is 0 Å². The molecular formula is C19H25N5O2. The van der Waals surface area contributed by atoms with Crippen LogP contribution in [0.1, 0.15) is 44.6 Å². The van der Waals surface area contributed by atoms with E-state index in [0.717, 1.165) is 31.2 Å². The minimum absolute atomic E-state index is 0.170. The predicted octanol–water partition coefficient (Wildman–Crippen LogP) is 1.87. The number of rotatable bonds is 5. The number of guanidine groups is 1. The first-order valence-electron chi connectivity index (χ1n) is 9.29. The molecule has 4 N–H and O–H groups in total. The Balaban J connectivity index is 1.48. The van der Waals surface area contributed by atoms with Crippen molar-refractivity contribution < 1.29 is 9.59 Å². The lowest BCUT2D eigenvalue weighted by atomic mass is 9.93. The quantitative estimate of drug-likeness (QED) is 0.426. The molecule has 0 spiro atoms. The van der Waals surface area contributed by atoms with Gasteiger partial charge >= 0.3 is 6.03 Å². The molecule has 26 heavy (non-hydrogen) atoms. The first-order valence-corrected chi connectivity index (χ1v) is 9.29. The third-order valence-corrected chi connectivity index (χ3v) is 5.67. The number of nitrogens with zero attached hydrogens (tertiary/aromatic N) is 2. The fourth-order valence-electron chi connectivity index (χ4n) is 3.61. The molecule has 7 nitrogen and oxygen atoms in total. The number of carbonyl (C=O) groups excluding carboxylic acids is 2. The van der Waals surface area contributed by atoms with E-state index in [0.29, 0.717) is 24.2 Å². The summed E-state index contributed by atoms with van der Waals surface area (Å²) >= 11 is 0. The number of anilines is 1. The van der Waals surface area contributed by atoms with E-state index in [4.69, 9.17) is 5.73 Å². The number of nitrogens with one attached hydrogen (secondary N) is 2. The van der Waals surface area contributed by atoms with E-state index in [1.807, 2.05) is 25.1 Å². The van der Waals surface area contributed by atoms with E-state index in [2.05, 4.69) is 15.6 Å². The number of hydrogen-bond acceptors (Lipinski definition) is 3. The molecule has 0 bridgehead atoms. The van der Waals surface area contributed by atoms with Crippen molar-refractivity contribution in [2.75, 3.05) is 4.90 Å². The van der Waals surface area contributed by atoms with Crippen LogP contribution in [0.2, 0.25) is 0 Å². The van der Waals surface area contributed by atoms with Crippen molar-refractivity contribution in [3.63, 3.8) is 0 Å². The fraction of sp³-hybridized carbons (Fsp3) is 0.526. The molecule has 1 heterocycles. The molecule has 1 aromatic carbocycles. The predicted molar refractivity (Wildman–Crippen MR) is 99.7 cm³/mol. The topological polar surface area (TPSA) is 99.8 Å². The van der Waals surface area contributed by atoms with Crippen LogP contribution in [-0.2, 0) is 11.3 Å². The lowest BCUT2D eigenvalue weighted by Gasteiger charge is -2.26. The summed E-state index contributed by atoms with van der Waals surface area (Å²) in [7, 11) is 0. The van der Waals surface area contributed by atoms with Crippen molar-refractivity contribution in [2.24, 2.45) is 16.6 Å². The van der Waals surface area contributed by atoms with Gasteiger partial charge in [0.2, 0.25) is 0 Å². The van der Waals surface area contributed by atoms with Gasteiger partial charge in [-0.3, -0.25) is 4.79 Å². The van der Waals surface area contributed by atoms with Crippen LogP contribution < -0.4 is 21.3 Å². The maximum Gasteiger partial charge on any atom is 0.329 e. The summed E-state index contributed by atoms with van der Waals surface area (Å²) < 4.78 is 0. The second kappa shape index (κ2) is 6.30. The number of urea groups is 1. The van der Waals surface area contributed by atoms with E-state index in [1.165, 1.54) is 11.3 Å². The molecule has 138 valence electrons. The zero-order chi connectivity index (χ0) is 18.3. The first kappa shape index (κ1) is 16.9. The van der Waals surface area contributed by atoms with Gasteiger partial charge < -0.3 is 16.4 Å². The number of hydrogen-bond donors (Lipinski definition) is 3. The molecule has 0 aromatic heterocycles. The van der Waals surface area contributed by atoms with E-state index in [-0.39, 0.29) is 17.9 Å². The Kier molecular flexibility index (Phi) is 4.09. The van der Waals surface area contributed by atoms with Gasteiger partial charge in [0, 0.05) is 6.04 Å². The van der Waals surface area contributed by atoms with E-state index < -0.39 is 5.54 Å². The molecule has 2 aliphatic carbocycles. The highest BCUT2D eigenvalue weighted by atomic mass is 16.2. The van der Waals surface area contributed by atoms with Crippen LogP contribution in [0, 0.1) is 5.92 Å². The average Bonchev–Trinajstić information content (AvgIpc) is 3.39. The summed E-state index contributed by atoms with van der Waals surface area (Å²) in [6, 6.07) is 7.45. The SMILES string of the molecule is CC1(C2CC2)NC(=O)N(c2cccc(CN=C(N)NC3CCC3)c2)C1=O. The van der Waals surface area contributed by atoms with Crippen LogP contribution in [0.15, 0.2) is 29.3 Å². The summed E-state index contributed by atoms with van der Waals surface area (Å²) in [6.07, 6.45) is 5.48. The summed E-state index contributed by atoms with van der Waals surface area (Å²) in [5.74, 6) is 0.516. The molecule has 1 atom stereocenters. The molecular weight excluding hydrogens is 330 g/mol. The number of aliphatic imine (C=N–C) groups is 1. The van der Waals surface area contributed by atoms with Crippen molar-refractivity contribution in [3.8, 4) is 0 Å². The van der Waals surface area contributed by atoms with Crippen LogP contribution in [0.4, 0.5) is 10.5 Å². The number of carbonyl (C=O) groups is 2. The Morgan fingerprint density at radius 3 is 2.77 bits per heavy atom. The third kappa shape index (κ3) is 3.02. The van der Waals surface area contributed by atoms with Gasteiger partial charge in [-0.2, -0.15) is 0 Å². The van der Waals surface area contributed by atoms with Crippen LogP contribution in [-0.4, -0.2) is 29.5 Å². The van der Waals surface area contributed by atoms with Crippen molar-refractivity contribution in [1.29, 1.82) is 0 Å². The standard InChI is InChI=1S/C19H25N5O2/c1-19(13-8-9-13)16(25)24(18(26)23-19)15-7-2-4-12(10-15)11-21-17(20)22-14-5-3-6-14/h2,4,7,10,13-14H,3,5-6,8-9,11H2,1H3,(H,23,26)(H3,20,21,22). The Morgan fingerprint density at radius 2 is 2.12 bits per heavy atom. The molecule has 3 amide bonds. The van der Waals surface area contributed by atoms with Gasteiger partial charge in [0.25, 0.3) is 5.91 Å². The lowest BCUT2D eigenvalue weighted by Crippen LogP contribution is -2.46. The smallest absolute Gasteiger partial charge is 0.329 e. The van der Waals surface area contributed by atoms with E-state index in [9.17, 15) is 9.59 Å². The minimum atomic E-state index is -0.775. The van der Waals surface area contributed by atoms with Gasteiger partial charge in [-0.25, -0.2) is 14.7 Å². The third-order valence-electron chi connectivity index (χ3n) is 5.67. The van der Waals surface area contributed by atoms with Crippen LogP contribution >= 0.6 is 0 Å². The first-order chi connectivity index (χ1) is 12.5. The highest BCUT2D eigenvalue weighted by Gasteiger charge is 2.56. The van der Waals surface area contributed by atoms with Gasteiger partial charge in [0.1, 0.15) is 5.54 Å². The normalized spacial score (nSPS) is 26.7. The van der Waals surface area contributed by atoms with Gasteiger partial charge in [-0.15, -0.1) is 0 Å². The maximum atomic E-state index is 12.8. The second-order valence-corrected chi connectivity index (χ2v) is 7.69. The van der Waals surface area contributed by atoms with Crippen molar-refractivity contribution in [1.82, 2.24) is 10.6 Å². The summed E-state index contributed by atoms with van der Waals surface area (Å²) in [4.78, 5) is 30.9. The Hall–Kier alpha value is -2.57. The van der Waals surface area contributed by atoms with Gasteiger partial charge in [0.15, 0.2) is 5.96 Å². The minimum Gasteiger partial charge on any atom is -0.370 e. The van der Waals surface area contributed by atoms with Gasteiger partial charge in [0.05, 0.1) is 12.2 Å². The Bertz CT molecular complexity index is 769. The van der Waals surface area contributed by atoms with Crippen molar-refractivity contribution >= 4 is 23.6 Å². The van der Waals surface area contributed by atoms with Crippen molar-refractivity contribution in [2.45, 2.75) is 57.2 Å². The summed E-state index contributed by atoms with van der Waals surface area (Å²) in [6.45, 7) is 2.23. The van der Waals surface area contributed by atoms with Crippen LogP contribution in [0.3, 0.4) is 0 Å². The Morgan fingerprint density at radius 1 is 1.35 bits per heavy atom. The number of benzene rings is 1. The molecule has 1 saturated heterocycles. The molecule has 7 heteroatoms. The second-order valence-electron chi connectivity index (χ2n) is 7.69. The zero-order valence-corrected chi connectivity index (χ0v) is 15.0. The highest BCUT2D eigenvalue weighted by Crippen LogP contribution is 2.43. The zero-order valence-electron chi connectivity index (χ0n) is 15.0. The Labute approximate surface area is 153 Å². The highest BCUT2D eigenvalue weighted by molar-refractivity contribution is 6.23. The van der Waals surface area contributed by atoms with Crippen LogP contribution in [0.5, 0.6) is 0 Å². The largest absolute Gasteiger partial charge is 0.370 e. The maximum absolute atomic E-state index is 12.8. The molecule has 1 unspecified atom stereocenters. The molecule has 3 fully saturated rings. The van der Waals surface area contributed by atoms with Gasteiger partial charge in [-0.05, 0) is 62.6 Å². The monoisotopic (exact) mass is 355 g/mol. The fourth-order valence-corrected chi connectivity index (χ4v) is 3.61. The number of nitrogens with two attached hydrogens (primary N) is 1. The number of amides is 3.